The topological polar surface area (TPSA) is 217 Å². The normalized spacial score (nSPS) is 21.7. The van der Waals surface area contributed by atoms with Crippen molar-refractivity contribution in [1.82, 2.24) is 19.5 Å². The molecule has 17 heteroatoms. The number of anilines is 1. The van der Waals surface area contributed by atoms with Crippen LogP contribution in [0, 0.1) is 0 Å². The summed E-state index contributed by atoms with van der Waals surface area (Å²) in [6, 6.07) is 0. The Morgan fingerprint density at radius 2 is 1.64 bits per heavy atom. The highest BCUT2D eigenvalue weighted by atomic mass is 35.5. The van der Waals surface area contributed by atoms with E-state index in [0.717, 1.165) is 44.9 Å². The first kappa shape index (κ1) is 39.4. The van der Waals surface area contributed by atoms with Gasteiger partial charge in [-0.3, -0.25) is 18.5 Å². The zero-order chi connectivity index (χ0) is 34.5. The average Bonchev–Trinajstić information content (AvgIpc) is 3.52. The van der Waals surface area contributed by atoms with Crippen molar-refractivity contribution in [2.24, 2.45) is 0 Å². The average molecular weight is 720 g/mol. The molecule has 1 saturated heterocycles. The zero-order valence-electron chi connectivity index (χ0n) is 26.7. The van der Waals surface area contributed by atoms with E-state index < -0.39 is 51.6 Å². The van der Waals surface area contributed by atoms with Crippen LogP contribution in [0.5, 0.6) is 0 Å². The van der Waals surface area contributed by atoms with Gasteiger partial charge in [-0.15, -0.1) is 0 Å². The number of amides is 1. The number of rotatable bonds is 21. The van der Waals surface area contributed by atoms with Crippen LogP contribution >= 0.6 is 26.6 Å². The molecule has 14 nitrogen and oxygen atoms in total. The standard InChI is InChI=1S/C30H48ClN5O9P2/c1-2-3-4-5-6-7-8-9-10-11-12-13-14-15-16-17-23(37)33-27-24-28(35-30(31)34-27)36(20-32-24)29-26(39)25(38)22(45-29)18-19-46(40,41)21-47(42,43)44/h6-7,9-10,20,22,25-26,29,38-39H,2-5,8,11-19,21H2,1H3,(H,40,41)(H2,42,43,44)(H,33,34,35,37)/b7-6-,10-9-/t22-,25?,26+,29-/m1/s1. The molecule has 5 atom stereocenters. The van der Waals surface area contributed by atoms with E-state index in [0.29, 0.717) is 6.42 Å². The third-order valence-corrected chi connectivity index (χ3v) is 12.2. The maximum Gasteiger partial charge on any atom is 0.335 e. The highest BCUT2D eigenvalue weighted by Crippen LogP contribution is 2.55. The lowest BCUT2D eigenvalue weighted by atomic mass is 10.1. The zero-order valence-corrected chi connectivity index (χ0v) is 29.3. The van der Waals surface area contributed by atoms with Gasteiger partial charge in [-0.2, -0.15) is 9.97 Å². The number of aromatic nitrogens is 4. The third-order valence-electron chi connectivity index (χ3n) is 7.79. The number of hydrogen-bond acceptors (Lipinski definition) is 9. The molecule has 1 aliphatic heterocycles. The Morgan fingerprint density at radius 1 is 0.979 bits per heavy atom. The van der Waals surface area contributed by atoms with Gasteiger partial charge in [-0.25, -0.2) is 4.98 Å². The molecule has 0 spiro atoms. The van der Waals surface area contributed by atoms with Crippen molar-refractivity contribution in [1.29, 1.82) is 0 Å². The van der Waals surface area contributed by atoms with Crippen molar-refractivity contribution in [2.45, 2.75) is 115 Å². The van der Waals surface area contributed by atoms with Crippen LogP contribution in [0.25, 0.3) is 11.2 Å². The van der Waals surface area contributed by atoms with Crippen molar-refractivity contribution >= 4 is 49.5 Å². The molecule has 3 rings (SSSR count). The lowest BCUT2D eigenvalue weighted by molar-refractivity contribution is -0.116. The van der Waals surface area contributed by atoms with E-state index >= 15 is 0 Å². The quantitative estimate of drug-likeness (QED) is 0.0399. The number of carbonyl (C=O) groups is 1. The molecule has 1 aliphatic rings. The number of nitrogens with zero attached hydrogens (tertiary/aromatic N) is 4. The number of fused-ring (bicyclic) bond motifs is 1. The number of allylic oxidation sites excluding steroid dienone is 4. The van der Waals surface area contributed by atoms with E-state index in [4.69, 9.17) is 26.1 Å². The van der Waals surface area contributed by atoms with E-state index in [2.05, 4.69) is 51.5 Å². The highest BCUT2D eigenvalue weighted by Gasteiger charge is 2.45. The second kappa shape index (κ2) is 19.3. The van der Waals surface area contributed by atoms with E-state index in [9.17, 15) is 29.0 Å². The predicted molar refractivity (Wildman–Crippen MR) is 180 cm³/mol. The van der Waals surface area contributed by atoms with Crippen LogP contribution in [0.1, 0.15) is 96.6 Å². The Balaban J connectivity index is 1.45. The minimum absolute atomic E-state index is 0.0783. The molecule has 1 amide bonds. The van der Waals surface area contributed by atoms with Crippen LogP contribution in [0.4, 0.5) is 5.82 Å². The number of carbonyl (C=O) groups excluding carboxylic acids is 1. The van der Waals surface area contributed by atoms with Crippen LogP contribution in [0.2, 0.25) is 5.28 Å². The fourth-order valence-corrected chi connectivity index (χ4v) is 9.03. The summed E-state index contributed by atoms with van der Waals surface area (Å²) in [5.41, 5.74) is 0.293. The number of imidazole rings is 1. The summed E-state index contributed by atoms with van der Waals surface area (Å²) in [7, 11) is -8.96. The first-order valence-corrected chi connectivity index (χ1v) is 20.4. The highest BCUT2D eigenvalue weighted by molar-refractivity contribution is 7.72. The van der Waals surface area contributed by atoms with Crippen LogP contribution in [-0.2, 0) is 18.7 Å². The van der Waals surface area contributed by atoms with Gasteiger partial charge in [0.2, 0.25) is 18.6 Å². The summed E-state index contributed by atoms with van der Waals surface area (Å²) in [6.07, 6.45) is 16.2. The SMILES string of the molecule is CCCCC/C=C\C/C=C\CCCCCCCC(=O)Nc1nc(Cl)nc2c1ncn2[C@@H]1O[C@H](CCP(=O)(O)CP(=O)(O)O)C(O)[C@@H]1O. The molecule has 2 unspecified atom stereocenters. The Hall–Kier alpha value is -1.99. The molecule has 3 heterocycles. The molecular weight excluding hydrogens is 672 g/mol. The Bertz CT molecular complexity index is 1450. The van der Waals surface area contributed by atoms with Gasteiger partial charge in [0.25, 0.3) is 0 Å². The Morgan fingerprint density at radius 3 is 2.32 bits per heavy atom. The van der Waals surface area contributed by atoms with Gasteiger partial charge in [0.15, 0.2) is 23.2 Å². The lowest BCUT2D eigenvalue weighted by Gasteiger charge is -2.18. The molecule has 0 radical (unpaired) electrons. The third kappa shape index (κ3) is 13.4. The molecular formula is C30H48ClN5O9P2. The fourth-order valence-electron chi connectivity index (χ4n) is 5.34. The lowest BCUT2D eigenvalue weighted by Crippen LogP contribution is -2.32. The Labute approximate surface area is 280 Å². The summed E-state index contributed by atoms with van der Waals surface area (Å²) in [5.74, 6) is -1.38. The summed E-state index contributed by atoms with van der Waals surface area (Å²) in [5, 5.41) is 23.7. The fraction of sp³-hybridized carbons (Fsp3) is 0.667. The van der Waals surface area contributed by atoms with E-state index in [-0.39, 0.29) is 41.0 Å². The molecule has 1 fully saturated rings. The first-order valence-electron chi connectivity index (χ1n) is 16.2. The van der Waals surface area contributed by atoms with Crippen molar-refractivity contribution in [3.05, 3.63) is 35.9 Å². The molecule has 0 aromatic carbocycles. The first-order chi connectivity index (χ1) is 22.3. The largest absolute Gasteiger partial charge is 0.388 e. The molecule has 0 saturated carbocycles. The molecule has 2 aromatic heterocycles. The van der Waals surface area contributed by atoms with Crippen LogP contribution in [0.15, 0.2) is 30.6 Å². The monoisotopic (exact) mass is 719 g/mol. The second-order valence-corrected chi connectivity index (χ2v) is 16.8. The van der Waals surface area contributed by atoms with Crippen molar-refractivity contribution in [2.75, 3.05) is 17.4 Å². The van der Waals surface area contributed by atoms with Gasteiger partial charge >= 0.3 is 7.60 Å². The van der Waals surface area contributed by atoms with Gasteiger partial charge < -0.3 is 34.9 Å². The maximum atomic E-state index is 12.7. The van der Waals surface area contributed by atoms with Crippen molar-refractivity contribution in [3.8, 4) is 0 Å². The summed E-state index contributed by atoms with van der Waals surface area (Å²) in [4.78, 5) is 53.2. The minimum Gasteiger partial charge on any atom is -0.388 e. The number of aliphatic hydroxyl groups excluding tert-OH is 2. The number of unbranched alkanes of at least 4 members (excludes halogenated alkanes) is 8. The van der Waals surface area contributed by atoms with E-state index in [1.54, 1.807) is 0 Å². The number of aliphatic hydroxyl groups is 2. The van der Waals surface area contributed by atoms with Crippen LogP contribution in [0.3, 0.4) is 0 Å². The molecule has 6 N–H and O–H groups in total. The van der Waals surface area contributed by atoms with Crippen molar-refractivity contribution in [3.63, 3.8) is 0 Å². The molecule has 2 aromatic rings. The minimum atomic E-state index is -4.73. The molecule has 264 valence electrons. The number of ether oxygens (including phenoxy) is 1. The summed E-state index contributed by atoms with van der Waals surface area (Å²) < 4.78 is 30.4. The van der Waals surface area contributed by atoms with Gasteiger partial charge in [0.05, 0.1) is 12.4 Å². The molecule has 0 aliphatic carbocycles. The van der Waals surface area contributed by atoms with E-state index in [1.165, 1.54) is 30.2 Å². The van der Waals surface area contributed by atoms with Gasteiger partial charge in [-0.05, 0) is 56.5 Å². The number of hydrogen-bond donors (Lipinski definition) is 6. The smallest absolute Gasteiger partial charge is 0.335 e. The van der Waals surface area contributed by atoms with Gasteiger partial charge in [-0.1, -0.05) is 63.3 Å². The molecule has 0 bridgehead atoms. The molecule has 47 heavy (non-hydrogen) atoms. The number of halogens is 1. The summed E-state index contributed by atoms with van der Waals surface area (Å²) >= 11 is 6.14. The van der Waals surface area contributed by atoms with Gasteiger partial charge in [0, 0.05) is 12.6 Å². The van der Waals surface area contributed by atoms with Crippen LogP contribution < -0.4 is 5.32 Å². The second-order valence-electron chi connectivity index (χ2n) is 11.9. The predicted octanol–water partition coefficient (Wildman–Crippen LogP) is 5.65. The van der Waals surface area contributed by atoms with E-state index in [1.807, 2.05) is 0 Å². The maximum absolute atomic E-state index is 12.7. The van der Waals surface area contributed by atoms with Gasteiger partial charge in [0.1, 0.15) is 18.1 Å². The van der Waals surface area contributed by atoms with Crippen LogP contribution in [-0.4, -0.2) is 80.7 Å². The summed E-state index contributed by atoms with van der Waals surface area (Å²) in [6.45, 7) is 2.21. The van der Waals surface area contributed by atoms with Crippen molar-refractivity contribution < 1.29 is 43.6 Å². The Kier molecular flexibility index (Phi) is 16.2. The number of nitrogens with one attached hydrogen (secondary N) is 1.